The van der Waals surface area contributed by atoms with Gasteiger partial charge in [0.1, 0.15) is 5.69 Å². The number of carbonyl (C=O) groups excluding carboxylic acids is 1. The number of pyridine rings is 1. The first-order valence-corrected chi connectivity index (χ1v) is 11.5. The van der Waals surface area contributed by atoms with Crippen molar-refractivity contribution in [3.05, 3.63) is 87.2 Å². The molecule has 1 aliphatic carbocycles. The third-order valence-corrected chi connectivity index (χ3v) is 8.07. The minimum atomic E-state index is -2.64. The molecule has 2 aromatic rings. The number of hydrogen-bond donors (Lipinski definition) is 1. The van der Waals surface area contributed by atoms with Crippen LogP contribution in [0.3, 0.4) is 0 Å². The van der Waals surface area contributed by atoms with Gasteiger partial charge in [0, 0.05) is 11.6 Å². The van der Waals surface area contributed by atoms with Crippen LogP contribution in [0.1, 0.15) is 41.4 Å². The summed E-state index contributed by atoms with van der Waals surface area (Å²) >= 11 is 6.69. The molecule has 2 N–H and O–H groups in total. The van der Waals surface area contributed by atoms with Crippen LogP contribution >= 0.6 is 23.4 Å². The molecule has 1 aliphatic heterocycles. The van der Waals surface area contributed by atoms with E-state index >= 15 is 0 Å². The van der Waals surface area contributed by atoms with E-state index in [2.05, 4.69) is 4.98 Å². The van der Waals surface area contributed by atoms with Gasteiger partial charge in [-0.3, -0.25) is 9.78 Å². The van der Waals surface area contributed by atoms with Crippen LogP contribution in [0.2, 0.25) is 5.02 Å². The lowest BCUT2D eigenvalue weighted by molar-refractivity contribution is 0.104. The quantitative estimate of drug-likeness (QED) is 0.293. The zero-order valence-corrected chi connectivity index (χ0v) is 19.2. The molecule has 0 bridgehead atoms. The van der Waals surface area contributed by atoms with Gasteiger partial charge in [-0.05, 0) is 60.6 Å². The van der Waals surface area contributed by atoms with Crippen molar-refractivity contribution < 1.29 is 22.4 Å². The molecule has 0 saturated heterocycles. The van der Waals surface area contributed by atoms with Crippen LogP contribution in [0.15, 0.2) is 53.7 Å². The highest BCUT2D eigenvalue weighted by Gasteiger charge is 2.69. The molecule has 0 amide bonds. The molecule has 2 heterocycles. The Balaban J connectivity index is 1.61. The molecule has 9 heteroatoms. The summed E-state index contributed by atoms with van der Waals surface area (Å²) in [6.07, 6.45) is 3.71. The molecule has 1 aromatic heterocycles. The average Bonchev–Trinajstić information content (AvgIpc) is 3.51. The SMILES string of the molecule is C[C@]1(c2cc(C/C=C/C(=O)c3ccc(Cl)cn3)cc(F)c2F)CC=C(N)S[C@@]2(C(F)F)C[C@@H]12. The molecule has 1 fully saturated rings. The van der Waals surface area contributed by atoms with Gasteiger partial charge in [-0.15, -0.1) is 0 Å². The van der Waals surface area contributed by atoms with E-state index < -0.39 is 34.1 Å². The number of aromatic nitrogens is 1. The van der Waals surface area contributed by atoms with Gasteiger partial charge in [-0.2, -0.15) is 0 Å². The lowest BCUT2D eigenvalue weighted by atomic mass is 9.73. The molecule has 3 atom stereocenters. The van der Waals surface area contributed by atoms with Crippen molar-refractivity contribution in [3.8, 4) is 0 Å². The standard InChI is InChI=1S/C24H21ClF4N2OS/c1-23(8-7-20(30)33-24(22(28)29)11-19(23)24)15-9-13(10-16(26)21(15)27)3-2-4-18(32)17-6-5-14(25)12-31-17/h2,4-7,9-10,12,19,22H,3,8,11,30H2,1H3/b4-2+/t19-,23+,24-/m0/s1. The van der Waals surface area contributed by atoms with Crippen molar-refractivity contribution in [1.29, 1.82) is 0 Å². The predicted molar refractivity (Wildman–Crippen MR) is 121 cm³/mol. The number of thioether (sulfide) groups is 1. The van der Waals surface area contributed by atoms with Crippen LogP contribution < -0.4 is 5.73 Å². The first-order valence-electron chi connectivity index (χ1n) is 10.3. The lowest BCUT2D eigenvalue weighted by Gasteiger charge is -2.31. The van der Waals surface area contributed by atoms with E-state index in [9.17, 15) is 22.4 Å². The molecule has 1 aromatic carbocycles. The van der Waals surface area contributed by atoms with Gasteiger partial charge in [0.2, 0.25) is 5.78 Å². The van der Waals surface area contributed by atoms with Crippen molar-refractivity contribution in [2.24, 2.45) is 11.7 Å². The summed E-state index contributed by atoms with van der Waals surface area (Å²) in [6.45, 7) is 1.69. The van der Waals surface area contributed by atoms with Crippen LogP contribution in [0.5, 0.6) is 0 Å². The largest absolute Gasteiger partial charge is 0.394 e. The maximum Gasteiger partial charge on any atom is 0.253 e. The maximum absolute atomic E-state index is 15.0. The Hall–Kier alpha value is -2.32. The molecule has 4 rings (SSSR count). The maximum atomic E-state index is 15.0. The number of hydrogen-bond acceptors (Lipinski definition) is 4. The second kappa shape index (κ2) is 8.80. The number of carbonyl (C=O) groups is 1. The summed E-state index contributed by atoms with van der Waals surface area (Å²) < 4.78 is 55.9. The zero-order valence-electron chi connectivity index (χ0n) is 17.6. The Labute approximate surface area is 198 Å². The fraction of sp³-hybridized carbons (Fsp3) is 0.333. The summed E-state index contributed by atoms with van der Waals surface area (Å²) in [4.78, 5) is 16.2. The summed E-state index contributed by atoms with van der Waals surface area (Å²) in [5.74, 6) is -3.01. The molecule has 33 heavy (non-hydrogen) atoms. The smallest absolute Gasteiger partial charge is 0.253 e. The van der Waals surface area contributed by atoms with Crippen molar-refractivity contribution in [2.75, 3.05) is 0 Å². The topological polar surface area (TPSA) is 56.0 Å². The van der Waals surface area contributed by atoms with Crippen molar-refractivity contribution in [1.82, 2.24) is 4.98 Å². The van der Waals surface area contributed by atoms with Crippen LogP contribution in [0.25, 0.3) is 0 Å². The second-order valence-electron chi connectivity index (χ2n) is 8.61. The Bertz CT molecular complexity index is 1150. The van der Waals surface area contributed by atoms with Crippen molar-refractivity contribution in [2.45, 2.75) is 42.8 Å². The normalized spacial score (nSPS) is 26.8. The van der Waals surface area contributed by atoms with Crippen LogP contribution in [0.4, 0.5) is 17.6 Å². The highest BCUT2D eigenvalue weighted by Crippen LogP contribution is 2.68. The van der Waals surface area contributed by atoms with E-state index in [1.165, 1.54) is 30.5 Å². The van der Waals surface area contributed by atoms with E-state index in [1.807, 2.05) is 0 Å². The fourth-order valence-electron chi connectivity index (χ4n) is 4.52. The zero-order chi connectivity index (χ0) is 24.0. The number of rotatable bonds is 6. The Morgan fingerprint density at radius 1 is 1.36 bits per heavy atom. The minimum absolute atomic E-state index is 0.0515. The minimum Gasteiger partial charge on any atom is -0.394 e. The number of ketones is 1. The highest BCUT2D eigenvalue weighted by molar-refractivity contribution is 8.04. The molecular weight excluding hydrogens is 476 g/mol. The number of nitrogens with zero attached hydrogens (tertiary/aromatic N) is 1. The molecule has 0 spiro atoms. The molecule has 3 nitrogen and oxygen atoms in total. The molecule has 0 unspecified atom stereocenters. The highest BCUT2D eigenvalue weighted by atomic mass is 35.5. The summed E-state index contributed by atoms with van der Waals surface area (Å²) in [6, 6.07) is 5.59. The summed E-state index contributed by atoms with van der Waals surface area (Å²) in [7, 11) is 0. The number of halogens is 5. The van der Waals surface area contributed by atoms with Gasteiger partial charge >= 0.3 is 0 Å². The van der Waals surface area contributed by atoms with Gasteiger partial charge in [0.25, 0.3) is 6.43 Å². The van der Waals surface area contributed by atoms with Crippen LogP contribution in [0, 0.1) is 17.6 Å². The molecule has 0 radical (unpaired) electrons. The Kier molecular flexibility index (Phi) is 6.35. The van der Waals surface area contributed by atoms with Crippen LogP contribution in [-0.2, 0) is 11.8 Å². The van der Waals surface area contributed by atoms with Crippen LogP contribution in [-0.4, -0.2) is 21.9 Å². The number of benzene rings is 1. The second-order valence-corrected chi connectivity index (χ2v) is 10.5. The number of alkyl halides is 2. The summed E-state index contributed by atoms with van der Waals surface area (Å²) in [5.41, 5.74) is 5.53. The predicted octanol–water partition coefficient (Wildman–Crippen LogP) is 6.21. The van der Waals surface area contributed by atoms with Gasteiger partial charge in [-0.25, -0.2) is 17.6 Å². The molecule has 1 saturated carbocycles. The van der Waals surface area contributed by atoms with Gasteiger partial charge in [-0.1, -0.05) is 48.5 Å². The van der Waals surface area contributed by atoms with Gasteiger partial charge in [0.05, 0.1) is 14.8 Å². The van der Waals surface area contributed by atoms with Gasteiger partial charge in [0.15, 0.2) is 11.6 Å². The lowest BCUT2D eigenvalue weighted by Crippen LogP contribution is -2.32. The first-order chi connectivity index (χ1) is 15.6. The monoisotopic (exact) mass is 496 g/mol. The van der Waals surface area contributed by atoms with E-state index in [0.717, 1.165) is 17.8 Å². The van der Waals surface area contributed by atoms with E-state index in [1.54, 1.807) is 19.1 Å². The van der Waals surface area contributed by atoms with Gasteiger partial charge < -0.3 is 5.73 Å². The molecule has 2 aliphatic rings. The Morgan fingerprint density at radius 2 is 2.12 bits per heavy atom. The fourth-order valence-corrected chi connectivity index (χ4v) is 5.98. The number of nitrogens with two attached hydrogens (primary N) is 1. The summed E-state index contributed by atoms with van der Waals surface area (Å²) in [5, 5.41) is 0.675. The molecular formula is C24H21ClF4N2OS. The van der Waals surface area contributed by atoms with E-state index in [4.69, 9.17) is 17.3 Å². The third kappa shape index (κ3) is 4.43. The first kappa shape index (κ1) is 23.8. The Morgan fingerprint density at radius 3 is 2.79 bits per heavy atom. The van der Waals surface area contributed by atoms with E-state index in [0.29, 0.717) is 10.6 Å². The average molecular weight is 497 g/mol. The van der Waals surface area contributed by atoms with Crippen molar-refractivity contribution in [3.63, 3.8) is 0 Å². The van der Waals surface area contributed by atoms with Crippen molar-refractivity contribution >= 4 is 29.1 Å². The third-order valence-electron chi connectivity index (χ3n) is 6.43. The molecule has 174 valence electrons. The number of fused-ring (bicyclic) bond motifs is 1. The number of allylic oxidation sites excluding steroid dienone is 3. The van der Waals surface area contributed by atoms with E-state index in [-0.39, 0.29) is 41.3 Å².